The molecule has 9 aromatic carbocycles. The SMILES string of the molecule is CC(C)(C)c1ccc(-c2nc(-c3ccc(C(C)(C)C)cc3)nc(-c3cc4c5cc(C(C)(C)C)ccc5n(-c5ccccn5)c4[c-]c3Oc3[c-]c([N+]4=C=[N+](c5c(-c6ccc(C(C)(C)C)cc6)cccc5-c5ccc(C(C)(C)C)cc5)c5ccccc54)ccc3)n2)cc1.[Pt+2]. The smallest absolute Gasteiger partial charge is 0.508 e. The van der Waals surface area contributed by atoms with Crippen LogP contribution in [0.2, 0.25) is 0 Å². The number of fused-ring (bicyclic) bond motifs is 4. The van der Waals surface area contributed by atoms with Crippen molar-refractivity contribution >= 4 is 50.6 Å². The van der Waals surface area contributed by atoms with E-state index in [-0.39, 0.29) is 48.1 Å². The topological polar surface area (TPSA) is 71.7 Å². The predicted octanol–water partition coefficient (Wildman–Crippen LogP) is 21.4. The van der Waals surface area contributed by atoms with Gasteiger partial charge in [0.15, 0.2) is 11.6 Å². The second-order valence-corrected chi connectivity index (χ2v) is 29.4. The second kappa shape index (κ2) is 23.8. The van der Waals surface area contributed by atoms with E-state index in [2.05, 4.69) is 306 Å². The second-order valence-electron chi connectivity index (χ2n) is 29.4. The van der Waals surface area contributed by atoms with Gasteiger partial charge in [-0.15, -0.1) is 23.6 Å². The minimum absolute atomic E-state index is 0. The molecular weight excluding hydrogens is 1310 g/mol. The molecule has 460 valence electrons. The summed E-state index contributed by atoms with van der Waals surface area (Å²) in [5, 5.41) is 2.00. The van der Waals surface area contributed by atoms with E-state index in [9.17, 15) is 0 Å². The first-order chi connectivity index (χ1) is 43.2. The van der Waals surface area contributed by atoms with Crippen LogP contribution < -0.4 is 13.9 Å². The molecule has 12 aromatic rings. The number of nitrogens with zero attached hydrogens (tertiary/aromatic N) is 7. The van der Waals surface area contributed by atoms with Crippen molar-refractivity contribution in [2.75, 3.05) is 0 Å². The molecule has 92 heavy (non-hydrogen) atoms. The molecule has 0 spiro atoms. The van der Waals surface area contributed by atoms with E-state index in [1.807, 2.05) is 36.5 Å². The maximum absolute atomic E-state index is 7.34. The quantitative estimate of drug-likeness (QED) is 0.101. The van der Waals surface area contributed by atoms with Crippen LogP contribution in [0.15, 0.2) is 206 Å². The zero-order valence-electron chi connectivity index (χ0n) is 55.5. The molecule has 0 atom stereocenters. The summed E-state index contributed by atoms with van der Waals surface area (Å²) in [7, 11) is 0. The molecule has 9 heteroatoms. The fourth-order valence-corrected chi connectivity index (χ4v) is 12.1. The van der Waals surface area contributed by atoms with E-state index in [4.69, 9.17) is 24.7 Å². The van der Waals surface area contributed by atoms with E-state index in [1.165, 1.54) is 27.8 Å². The largest absolute Gasteiger partial charge is 2.00 e. The fourth-order valence-electron chi connectivity index (χ4n) is 12.1. The van der Waals surface area contributed by atoms with Crippen LogP contribution in [-0.2, 0) is 48.1 Å². The summed E-state index contributed by atoms with van der Waals surface area (Å²) < 4.78 is 13.8. The molecule has 0 bridgehead atoms. The Morgan fingerprint density at radius 3 is 1.35 bits per heavy atom. The summed E-state index contributed by atoms with van der Waals surface area (Å²) >= 11 is 0. The first-order valence-corrected chi connectivity index (χ1v) is 31.7. The molecule has 0 aliphatic carbocycles. The van der Waals surface area contributed by atoms with Crippen molar-refractivity contribution in [1.82, 2.24) is 33.7 Å². The number of pyridine rings is 1. The zero-order valence-corrected chi connectivity index (χ0v) is 57.8. The van der Waals surface area contributed by atoms with Gasteiger partial charge < -0.3 is 9.30 Å². The molecule has 0 radical (unpaired) electrons. The fraction of sp³-hybridized carbons (Fsp3) is 0.241. The van der Waals surface area contributed by atoms with Crippen molar-refractivity contribution in [2.45, 2.75) is 131 Å². The van der Waals surface area contributed by atoms with E-state index in [1.54, 1.807) is 0 Å². The number of ether oxygens (including phenoxy) is 1. The van der Waals surface area contributed by atoms with Gasteiger partial charge in [0.25, 0.3) is 11.4 Å². The molecule has 0 N–H and O–H groups in total. The Hall–Kier alpha value is -9.19. The predicted molar refractivity (Wildman–Crippen MR) is 378 cm³/mol. The van der Waals surface area contributed by atoms with Crippen LogP contribution >= 0.6 is 0 Å². The third-order valence-corrected chi connectivity index (χ3v) is 17.6. The summed E-state index contributed by atoms with van der Waals surface area (Å²) in [5.74, 6) is 3.16. The van der Waals surface area contributed by atoms with Crippen molar-refractivity contribution < 1.29 is 25.8 Å². The minimum Gasteiger partial charge on any atom is -0.508 e. The van der Waals surface area contributed by atoms with Crippen molar-refractivity contribution in [1.29, 1.82) is 0 Å². The third kappa shape index (κ3) is 12.3. The van der Waals surface area contributed by atoms with Gasteiger partial charge in [0.2, 0.25) is 5.69 Å². The van der Waals surface area contributed by atoms with Crippen molar-refractivity contribution in [3.05, 3.63) is 246 Å². The molecule has 0 saturated carbocycles. The molecule has 13 rings (SSSR count). The van der Waals surface area contributed by atoms with Crippen LogP contribution in [0.25, 0.3) is 84.0 Å². The number of hydrogen-bond donors (Lipinski definition) is 0. The Bertz CT molecular complexity index is 4700. The van der Waals surface area contributed by atoms with E-state index in [0.717, 1.165) is 83.8 Å². The van der Waals surface area contributed by atoms with Crippen LogP contribution in [-0.4, -0.2) is 30.5 Å². The standard InChI is InChI=1S/C83H79N7O.Pt/c1-79(2,3)57-37-29-53(30-38-57)64-24-21-25-65(54-31-39-58(40-32-54)80(4,5)6)75(64)89-52-88(70-26-16-17-27-71(70)89)62-22-20-23-63(49-62)91-73-51-72-67(66-48-61(83(13,14)15)45-46-69(66)90(72)74-28-18-19-47-84-74)50-68(73)78-86-76(55-33-41-59(42-34-55)81(7,8)9)85-77(87-78)56-35-43-60(44-36-56)82(10,11)12;/h16-48,50H,1-15H3;/q;+2. The summed E-state index contributed by atoms with van der Waals surface area (Å²) in [6.45, 7) is 33.7. The Balaban J connectivity index is 0.00000816. The van der Waals surface area contributed by atoms with Crippen molar-refractivity contribution in [2.24, 2.45) is 0 Å². The molecular formula is C83H79N7OPt+2. The molecule has 1 aliphatic rings. The molecule has 0 unspecified atom stereocenters. The Kier molecular flexibility index (Phi) is 16.3. The third-order valence-electron chi connectivity index (χ3n) is 17.6. The van der Waals surface area contributed by atoms with Crippen LogP contribution in [0.4, 0.5) is 22.7 Å². The first-order valence-electron chi connectivity index (χ1n) is 31.7. The average Bonchev–Trinajstić information content (AvgIpc) is 1.57. The Morgan fingerprint density at radius 2 is 0.859 bits per heavy atom. The number of hydrogen-bond acceptors (Lipinski definition) is 5. The monoisotopic (exact) mass is 1380 g/mol. The van der Waals surface area contributed by atoms with Crippen LogP contribution in [0, 0.1) is 12.1 Å². The molecule has 1 aliphatic heterocycles. The van der Waals surface area contributed by atoms with Gasteiger partial charge in [0, 0.05) is 46.5 Å². The minimum atomic E-state index is -0.128. The summed E-state index contributed by atoms with van der Waals surface area (Å²) in [5.41, 5.74) is 18.3. The molecule has 0 amide bonds. The number of rotatable bonds is 10. The van der Waals surface area contributed by atoms with Gasteiger partial charge in [0.05, 0.1) is 11.1 Å². The Labute approximate surface area is 557 Å². The molecule has 0 saturated heterocycles. The van der Waals surface area contributed by atoms with Gasteiger partial charge in [-0.25, -0.2) is 19.9 Å². The van der Waals surface area contributed by atoms with Crippen LogP contribution in [0.3, 0.4) is 0 Å². The average molecular weight is 1390 g/mol. The molecule has 0 fully saturated rings. The van der Waals surface area contributed by atoms with E-state index in [0.29, 0.717) is 34.5 Å². The molecule has 8 nitrogen and oxygen atoms in total. The van der Waals surface area contributed by atoms with Gasteiger partial charge in [-0.2, -0.15) is 6.07 Å². The van der Waals surface area contributed by atoms with Crippen LogP contribution in [0.5, 0.6) is 11.5 Å². The zero-order chi connectivity index (χ0) is 63.9. The summed E-state index contributed by atoms with van der Waals surface area (Å²) in [4.78, 5) is 21.0. The summed E-state index contributed by atoms with van der Waals surface area (Å²) in [6.07, 6.45) is 1.83. The van der Waals surface area contributed by atoms with Crippen molar-refractivity contribution in [3.63, 3.8) is 0 Å². The van der Waals surface area contributed by atoms with Gasteiger partial charge in [-0.3, -0.25) is 0 Å². The molecule has 3 aromatic heterocycles. The summed E-state index contributed by atoms with van der Waals surface area (Å²) in [6, 6.07) is 82.8. The van der Waals surface area contributed by atoms with Gasteiger partial charge in [-0.05, 0) is 112 Å². The van der Waals surface area contributed by atoms with Gasteiger partial charge >= 0.3 is 27.1 Å². The van der Waals surface area contributed by atoms with Crippen LogP contribution in [0.1, 0.15) is 132 Å². The Morgan fingerprint density at radius 1 is 0.402 bits per heavy atom. The maximum Gasteiger partial charge on any atom is 2.00 e. The number of aromatic nitrogens is 5. The van der Waals surface area contributed by atoms with E-state index >= 15 is 0 Å². The maximum atomic E-state index is 7.34. The first kappa shape index (κ1) is 63.0. The number of para-hydroxylation sites is 3. The molecule has 4 heterocycles. The number of benzene rings is 9. The van der Waals surface area contributed by atoms with Gasteiger partial charge in [0.1, 0.15) is 17.3 Å². The van der Waals surface area contributed by atoms with E-state index < -0.39 is 0 Å². The van der Waals surface area contributed by atoms with Gasteiger partial charge in [-0.1, -0.05) is 260 Å². The normalized spacial score (nSPS) is 12.8. The van der Waals surface area contributed by atoms with Crippen molar-refractivity contribution in [3.8, 4) is 73.7 Å².